The average molecular weight is 266 g/mol. The molecule has 0 amide bonds. The molecule has 0 aliphatic heterocycles. The van der Waals surface area contributed by atoms with Gasteiger partial charge in [-0.05, 0) is 31.2 Å². The van der Waals surface area contributed by atoms with Crippen molar-refractivity contribution in [2.75, 3.05) is 6.54 Å². The first-order chi connectivity index (χ1) is 8.65. The minimum atomic E-state index is 0.710. The Morgan fingerprint density at radius 1 is 1.44 bits per heavy atom. The van der Waals surface area contributed by atoms with E-state index >= 15 is 0 Å². The number of nitrogens with one attached hydrogen (secondary N) is 1. The molecule has 3 heteroatoms. The van der Waals surface area contributed by atoms with Crippen LogP contribution in [0.2, 0.25) is 0 Å². The lowest BCUT2D eigenvalue weighted by Gasteiger charge is -2.24. The van der Waals surface area contributed by atoms with E-state index in [4.69, 9.17) is 4.98 Å². The fourth-order valence-electron chi connectivity index (χ4n) is 2.74. The molecule has 1 aromatic rings. The molecule has 1 fully saturated rings. The maximum atomic E-state index is 4.82. The molecule has 2 nitrogen and oxygen atoms in total. The number of rotatable bonds is 5. The lowest BCUT2D eigenvalue weighted by Crippen LogP contribution is -2.19. The molecular formula is C15H26N2S. The van der Waals surface area contributed by atoms with Gasteiger partial charge in [0.1, 0.15) is 0 Å². The molecule has 2 atom stereocenters. The van der Waals surface area contributed by atoms with E-state index in [9.17, 15) is 0 Å². The molecule has 2 unspecified atom stereocenters. The number of nitrogens with zero attached hydrogens (tertiary/aromatic N) is 1. The smallest absolute Gasteiger partial charge is 0.0959 e. The monoisotopic (exact) mass is 266 g/mol. The van der Waals surface area contributed by atoms with Gasteiger partial charge in [0, 0.05) is 17.8 Å². The van der Waals surface area contributed by atoms with Crippen LogP contribution in [0, 0.1) is 11.8 Å². The Labute approximate surface area is 115 Å². The maximum absolute atomic E-state index is 4.82. The third-order valence-electron chi connectivity index (χ3n) is 3.71. The number of hydrogen-bond donors (Lipinski definition) is 1. The van der Waals surface area contributed by atoms with E-state index in [0.717, 1.165) is 24.9 Å². The van der Waals surface area contributed by atoms with Crippen molar-refractivity contribution in [1.82, 2.24) is 10.3 Å². The zero-order valence-electron chi connectivity index (χ0n) is 11.9. The molecule has 0 aromatic carbocycles. The largest absolute Gasteiger partial charge is 0.311 e. The molecule has 0 spiro atoms. The number of thiazole rings is 1. The summed E-state index contributed by atoms with van der Waals surface area (Å²) in [6.45, 7) is 8.86. The van der Waals surface area contributed by atoms with Crippen LogP contribution in [-0.4, -0.2) is 11.5 Å². The standard InChI is InChI=1S/C15H26N2S/c1-11(2)8-16-9-14-10-18-15(17-14)13-6-4-5-12(3)7-13/h10-13,16H,4-9H2,1-3H3. The van der Waals surface area contributed by atoms with Crippen molar-refractivity contribution in [2.24, 2.45) is 11.8 Å². The third kappa shape index (κ3) is 4.06. The van der Waals surface area contributed by atoms with Gasteiger partial charge in [-0.1, -0.05) is 33.6 Å². The second-order valence-electron chi connectivity index (χ2n) is 6.17. The van der Waals surface area contributed by atoms with Gasteiger partial charge in [-0.15, -0.1) is 11.3 Å². The Bertz CT molecular complexity index is 359. The SMILES string of the molecule is CC(C)CNCc1csc(C2CCCC(C)C2)n1. The van der Waals surface area contributed by atoms with Crippen LogP contribution in [0.15, 0.2) is 5.38 Å². The summed E-state index contributed by atoms with van der Waals surface area (Å²) in [4.78, 5) is 4.82. The summed E-state index contributed by atoms with van der Waals surface area (Å²) in [5.74, 6) is 2.33. The molecule has 1 aromatic heterocycles. The van der Waals surface area contributed by atoms with Crippen molar-refractivity contribution in [3.8, 4) is 0 Å². The molecule has 0 bridgehead atoms. The zero-order chi connectivity index (χ0) is 13.0. The Kier molecular flexibility index (Phi) is 5.19. The Balaban J connectivity index is 1.85. The topological polar surface area (TPSA) is 24.9 Å². The van der Waals surface area contributed by atoms with Gasteiger partial charge in [0.15, 0.2) is 0 Å². The maximum Gasteiger partial charge on any atom is 0.0959 e. The second-order valence-corrected chi connectivity index (χ2v) is 7.06. The minimum absolute atomic E-state index is 0.710. The zero-order valence-corrected chi connectivity index (χ0v) is 12.7. The predicted octanol–water partition coefficient (Wildman–Crippen LogP) is 4.18. The fraction of sp³-hybridized carbons (Fsp3) is 0.800. The van der Waals surface area contributed by atoms with Gasteiger partial charge < -0.3 is 5.32 Å². The van der Waals surface area contributed by atoms with Crippen molar-refractivity contribution in [3.63, 3.8) is 0 Å². The molecule has 1 aliphatic carbocycles. The molecule has 1 heterocycles. The Morgan fingerprint density at radius 3 is 3.00 bits per heavy atom. The molecule has 1 N–H and O–H groups in total. The first-order valence-corrected chi connectivity index (χ1v) is 8.18. The highest BCUT2D eigenvalue weighted by Crippen LogP contribution is 2.37. The molecular weight excluding hydrogens is 240 g/mol. The first-order valence-electron chi connectivity index (χ1n) is 7.30. The molecule has 18 heavy (non-hydrogen) atoms. The van der Waals surface area contributed by atoms with E-state index < -0.39 is 0 Å². The molecule has 1 saturated carbocycles. The van der Waals surface area contributed by atoms with Crippen LogP contribution in [0.4, 0.5) is 0 Å². The summed E-state index contributed by atoms with van der Waals surface area (Å²) < 4.78 is 0. The second kappa shape index (κ2) is 6.67. The van der Waals surface area contributed by atoms with E-state index in [0.29, 0.717) is 5.92 Å². The molecule has 2 rings (SSSR count). The quantitative estimate of drug-likeness (QED) is 0.864. The van der Waals surface area contributed by atoms with Crippen LogP contribution in [0.25, 0.3) is 0 Å². The summed E-state index contributed by atoms with van der Waals surface area (Å²) in [6, 6.07) is 0. The van der Waals surface area contributed by atoms with Gasteiger partial charge in [0.05, 0.1) is 10.7 Å². The van der Waals surface area contributed by atoms with Crippen molar-refractivity contribution >= 4 is 11.3 Å². The number of aromatic nitrogens is 1. The van der Waals surface area contributed by atoms with Gasteiger partial charge in [0.25, 0.3) is 0 Å². The van der Waals surface area contributed by atoms with E-state index in [1.165, 1.54) is 36.4 Å². The van der Waals surface area contributed by atoms with Gasteiger partial charge >= 0.3 is 0 Å². The lowest BCUT2D eigenvalue weighted by atomic mass is 9.83. The van der Waals surface area contributed by atoms with Crippen LogP contribution >= 0.6 is 11.3 Å². The van der Waals surface area contributed by atoms with Crippen LogP contribution in [0.5, 0.6) is 0 Å². The predicted molar refractivity (Wildman–Crippen MR) is 79.0 cm³/mol. The Hall–Kier alpha value is -0.410. The molecule has 0 radical (unpaired) electrons. The van der Waals surface area contributed by atoms with Crippen LogP contribution < -0.4 is 5.32 Å². The summed E-state index contributed by atoms with van der Waals surface area (Å²) in [7, 11) is 0. The van der Waals surface area contributed by atoms with Crippen LogP contribution in [-0.2, 0) is 6.54 Å². The summed E-state index contributed by atoms with van der Waals surface area (Å²) in [5, 5.41) is 7.09. The van der Waals surface area contributed by atoms with Gasteiger partial charge in [-0.2, -0.15) is 0 Å². The van der Waals surface area contributed by atoms with Crippen molar-refractivity contribution < 1.29 is 0 Å². The van der Waals surface area contributed by atoms with Crippen molar-refractivity contribution in [2.45, 2.75) is 58.9 Å². The Morgan fingerprint density at radius 2 is 2.28 bits per heavy atom. The number of hydrogen-bond acceptors (Lipinski definition) is 3. The van der Waals surface area contributed by atoms with E-state index in [-0.39, 0.29) is 0 Å². The van der Waals surface area contributed by atoms with Gasteiger partial charge in [0.2, 0.25) is 0 Å². The van der Waals surface area contributed by atoms with Gasteiger partial charge in [-0.3, -0.25) is 0 Å². The van der Waals surface area contributed by atoms with Crippen molar-refractivity contribution in [1.29, 1.82) is 0 Å². The lowest BCUT2D eigenvalue weighted by molar-refractivity contribution is 0.343. The van der Waals surface area contributed by atoms with Crippen LogP contribution in [0.3, 0.4) is 0 Å². The third-order valence-corrected chi connectivity index (χ3v) is 4.77. The molecule has 102 valence electrons. The van der Waals surface area contributed by atoms with E-state index in [1.54, 1.807) is 0 Å². The highest BCUT2D eigenvalue weighted by molar-refractivity contribution is 7.09. The molecule has 1 aliphatic rings. The van der Waals surface area contributed by atoms with Gasteiger partial charge in [-0.25, -0.2) is 4.98 Å². The first kappa shape index (κ1) is 14.0. The summed E-state index contributed by atoms with van der Waals surface area (Å²) >= 11 is 1.87. The fourth-order valence-corrected chi connectivity index (χ4v) is 3.71. The highest BCUT2D eigenvalue weighted by Gasteiger charge is 2.22. The highest BCUT2D eigenvalue weighted by atomic mass is 32.1. The van der Waals surface area contributed by atoms with E-state index in [1.807, 2.05) is 11.3 Å². The minimum Gasteiger partial charge on any atom is -0.311 e. The normalized spacial score (nSPS) is 24.7. The molecule has 0 saturated heterocycles. The van der Waals surface area contributed by atoms with E-state index in [2.05, 4.69) is 31.5 Å². The summed E-state index contributed by atoms with van der Waals surface area (Å²) in [5.41, 5.74) is 1.23. The average Bonchev–Trinajstić information content (AvgIpc) is 2.77. The summed E-state index contributed by atoms with van der Waals surface area (Å²) in [6.07, 6.45) is 5.47. The van der Waals surface area contributed by atoms with Crippen molar-refractivity contribution in [3.05, 3.63) is 16.1 Å². The van der Waals surface area contributed by atoms with Crippen LogP contribution in [0.1, 0.15) is 63.1 Å².